The average Bonchev–Trinajstić information content (AvgIpc) is 2.28. The molecule has 88 valence electrons. The van der Waals surface area contributed by atoms with Crippen LogP contribution in [0.3, 0.4) is 0 Å². The molecule has 0 radical (unpaired) electrons. The lowest BCUT2D eigenvalue weighted by molar-refractivity contribution is 0.211. The highest BCUT2D eigenvalue weighted by Gasteiger charge is 2.15. The summed E-state index contributed by atoms with van der Waals surface area (Å²) in [7, 11) is 0. The van der Waals surface area contributed by atoms with E-state index in [1.165, 1.54) is 24.9 Å². The second-order valence-electron chi connectivity index (χ2n) is 4.58. The monoisotopic (exact) mass is 238 g/mol. The number of piperidine rings is 1. The van der Waals surface area contributed by atoms with E-state index in [1.54, 1.807) is 0 Å². The Bertz CT molecular complexity index is 323. The van der Waals surface area contributed by atoms with Crippen molar-refractivity contribution in [1.82, 2.24) is 4.90 Å². The number of likely N-dealkylation sites (tertiary alicyclic amines) is 1. The summed E-state index contributed by atoms with van der Waals surface area (Å²) in [5, 5.41) is 0.809. The molecule has 1 unspecified atom stereocenters. The second kappa shape index (κ2) is 5.67. The first-order valence-corrected chi connectivity index (χ1v) is 6.34. The van der Waals surface area contributed by atoms with Crippen LogP contribution in [0.25, 0.3) is 0 Å². The van der Waals surface area contributed by atoms with E-state index in [9.17, 15) is 0 Å². The molecule has 0 spiro atoms. The fraction of sp³-hybridized carbons (Fsp3) is 0.538. The van der Waals surface area contributed by atoms with E-state index in [1.807, 2.05) is 12.1 Å². The zero-order chi connectivity index (χ0) is 11.4. The van der Waals surface area contributed by atoms with Gasteiger partial charge in [-0.25, -0.2) is 0 Å². The summed E-state index contributed by atoms with van der Waals surface area (Å²) in [6, 6.07) is 8.50. The summed E-state index contributed by atoms with van der Waals surface area (Å²) < 4.78 is 0. The molecule has 2 nitrogen and oxygen atoms in total. The molecule has 1 aromatic rings. The maximum Gasteiger partial charge on any atom is 0.0406 e. The molecule has 0 bridgehead atoms. The van der Waals surface area contributed by atoms with E-state index in [0.29, 0.717) is 6.04 Å². The third kappa shape index (κ3) is 3.48. The van der Waals surface area contributed by atoms with Gasteiger partial charge in [0.2, 0.25) is 0 Å². The van der Waals surface area contributed by atoms with Crippen molar-refractivity contribution in [3.63, 3.8) is 0 Å². The van der Waals surface area contributed by atoms with Gasteiger partial charge in [0.1, 0.15) is 0 Å². The predicted molar refractivity (Wildman–Crippen MR) is 68.8 cm³/mol. The first-order chi connectivity index (χ1) is 7.74. The van der Waals surface area contributed by atoms with E-state index in [0.717, 1.165) is 24.5 Å². The molecule has 3 heteroatoms. The highest BCUT2D eigenvalue weighted by Crippen LogP contribution is 2.12. The first-order valence-electron chi connectivity index (χ1n) is 5.96. The number of hydrogen-bond acceptors (Lipinski definition) is 2. The van der Waals surface area contributed by atoms with Crippen molar-refractivity contribution in [1.29, 1.82) is 0 Å². The molecule has 2 N–H and O–H groups in total. The standard InChI is InChI=1S/C13H19ClN2/c14-12-5-3-11(4-6-12)7-9-16-8-1-2-13(15)10-16/h3-6,13H,1-2,7-10,15H2. The predicted octanol–water partition coefficient (Wildman–Crippen LogP) is 2.31. The van der Waals surface area contributed by atoms with Gasteiger partial charge < -0.3 is 10.6 Å². The van der Waals surface area contributed by atoms with Crippen molar-refractivity contribution in [2.75, 3.05) is 19.6 Å². The van der Waals surface area contributed by atoms with E-state index in [4.69, 9.17) is 17.3 Å². The summed E-state index contributed by atoms with van der Waals surface area (Å²) >= 11 is 5.85. The van der Waals surface area contributed by atoms with Crippen LogP contribution in [0, 0.1) is 0 Å². The van der Waals surface area contributed by atoms with Crippen molar-refractivity contribution in [3.05, 3.63) is 34.9 Å². The van der Waals surface area contributed by atoms with Gasteiger partial charge >= 0.3 is 0 Å². The minimum Gasteiger partial charge on any atom is -0.327 e. The molecule has 16 heavy (non-hydrogen) atoms. The Kier molecular flexibility index (Phi) is 4.22. The van der Waals surface area contributed by atoms with Gasteiger partial charge in [-0.1, -0.05) is 23.7 Å². The molecule has 1 fully saturated rings. The molecular formula is C13H19ClN2. The molecule has 1 aromatic carbocycles. The summed E-state index contributed by atoms with van der Waals surface area (Å²) in [4.78, 5) is 2.46. The van der Waals surface area contributed by atoms with Crippen LogP contribution in [0.5, 0.6) is 0 Å². The van der Waals surface area contributed by atoms with Crippen LogP contribution < -0.4 is 5.73 Å². The zero-order valence-electron chi connectivity index (χ0n) is 9.53. The number of nitrogens with two attached hydrogens (primary N) is 1. The molecule has 0 amide bonds. The average molecular weight is 239 g/mol. The van der Waals surface area contributed by atoms with Crippen LogP contribution in [0.1, 0.15) is 18.4 Å². The van der Waals surface area contributed by atoms with Crippen LogP contribution in [0.15, 0.2) is 24.3 Å². The third-order valence-electron chi connectivity index (χ3n) is 3.17. The number of rotatable bonds is 3. The summed E-state index contributed by atoms with van der Waals surface area (Å²) in [5.41, 5.74) is 7.31. The van der Waals surface area contributed by atoms with Crippen LogP contribution in [0.2, 0.25) is 5.02 Å². The van der Waals surface area contributed by atoms with Crippen molar-refractivity contribution < 1.29 is 0 Å². The van der Waals surface area contributed by atoms with Gasteiger partial charge in [0, 0.05) is 24.2 Å². The molecule has 1 saturated heterocycles. The van der Waals surface area contributed by atoms with E-state index in [2.05, 4.69) is 17.0 Å². The topological polar surface area (TPSA) is 29.3 Å². The fourth-order valence-electron chi connectivity index (χ4n) is 2.23. The van der Waals surface area contributed by atoms with E-state index >= 15 is 0 Å². The smallest absolute Gasteiger partial charge is 0.0406 e. The van der Waals surface area contributed by atoms with Gasteiger partial charge in [0.25, 0.3) is 0 Å². The Labute approximate surface area is 102 Å². The Balaban J connectivity index is 1.80. The van der Waals surface area contributed by atoms with Crippen molar-refractivity contribution in [3.8, 4) is 0 Å². The molecule has 0 aromatic heterocycles. The number of nitrogens with zero attached hydrogens (tertiary/aromatic N) is 1. The lowest BCUT2D eigenvalue weighted by Gasteiger charge is -2.30. The normalized spacial score (nSPS) is 22.2. The Hall–Kier alpha value is -0.570. The second-order valence-corrected chi connectivity index (χ2v) is 5.02. The lowest BCUT2D eigenvalue weighted by atomic mass is 10.1. The van der Waals surface area contributed by atoms with Gasteiger partial charge in [-0.3, -0.25) is 0 Å². The minimum atomic E-state index is 0.374. The van der Waals surface area contributed by atoms with Gasteiger partial charge in [-0.2, -0.15) is 0 Å². The van der Waals surface area contributed by atoms with E-state index < -0.39 is 0 Å². The van der Waals surface area contributed by atoms with Gasteiger partial charge in [-0.05, 0) is 43.5 Å². The highest BCUT2D eigenvalue weighted by molar-refractivity contribution is 6.30. The Morgan fingerprint density at radius 1 is 1.31 bits per heavy atom. The van der Waals surface area contributed by atoms with Crippen LogP contribution in [-0.2, 0) is 6.42 Å². The van der Waals surface area contributed by atoms with Crippen molar-refractivity contribution in [2.24, 2.45) is 5.73 Å². The van der Waals surface area contributed by atoms with Crippen molar-refractivity contribution in [2.45, 2.75) is 25.3 Å². The van der Waals surface area contributed by atoms with Crippen molar-refractivity contribution >= 4 is 11.6 Å². The van der Waals surface area contributed by atoms with Crippen LogP contribution in [-0.4, -0.2) is 30.6 Å². The fourth-order valence-corrected chi connectivity index (χ4v) is 2.36. The first kappa shape index (κ1) is 11.9. The maximum atomic E-state index is 5.95. The third-order valence-corrected chi connectivity index (χ3v) is 3.42. The molecular weight excluding hydrogens is 220 g/mol. The van der Waals surface area contributed by atoms with Crippen LogP contribution >= 0.6 is 11.6 Å². The Morgan fingerprint density at radius 2 is 2.06 bits per heavy atom. The highest BCUT2D eigenvalue weighted by atomic mass is 35.5. The quantitative estimate of drug-likeness (QED) is 0.876. The summed E-state index contributed by atoms with van der Waals surface area (Å²) in [6.45, 7) is 3.35. The molecule has 1 aliphatic heterocycles. The molecule has 1 aliphatic rings. The minimum absolute atomic E-state index is 0.374. The maximum absolute atomic E-state index is 5.95. The molecule has 1 heterocycles. The lowest BCUT2D eigenvalue weighted by Crippen LogP contribution is -2.43. The number of halogens is 1. The molecule has 0 aliphatic carbocycles. The number of hydrogen-bond donors (Lipinski definition) is 1. The molecule has 1 atom stereocenters. The van der Waals surface area contributed by atoms with Gasteiger partial charge in [0.15, 0.2) is 0 Å². The zero-order valence-corrected chi connectivity index (χ0v) is 10.3. The largest absolute Gasteiger partial charge is 0.327 e. The van der Waals surface area contributed by atoms with Gasteiger partial charge in [-0.15, -0.1) is 0 Å². The summed E-state index contributed by atoms with van der Waals surface area (Å²) in [5.74, 6) is 0. The summed E-state index contributed by atoms with van der Waals surface area (Å²) in [6.07, 6.45) is 3.50. The molecule has 0 saturated carbocycles. The Morgan fingerprint density at radius 3 is 2.75 bits per heavy atom. The SMILES string of the molecule is NC1CCCN(CCc2ccc(Cl)cc2)C1. The molecule has 2 rings (SSSR count). The van der Waals surface area contributed by atoms with Gasteiger partial charge in [0.05, 0.1) is 0 Å². The van der Waals surface area contributed by atoms with Crippen LogP contribution in [0.4, 0.5) is 0 Å². The number of benzene rings is 1. The van der Waals surface area contributed by atoms with E-state index in [-0.39, 0.29) is 0 Å².